The minimum atomic E-state index is -0.494. The maximum absolute atomic E-state index is 12.7. The number of amides is 1. The van der Waals surface area contributed by atoms with Crippen LogP contribution in [0.2, 0.25) is 5.02 Å². The summed E-state index contributed by atoms with van der Waals surface area (Å²) in [4.78, 5) is 25.0. The lowest BCUT2D eigenvalue weighted by atomic mass is 10.1. The predicted octanol–water partition coefficient (Wildman–Crippen LogP) is 3.01. The summed E-state index contributed by atoms with van der Waals surface area (Å²) in [7, 11) is 0. The van der Waals surface area contributed by atoms with E-state index in [4.69, 9.17) is 16.3 Å². The summed E-state index contributed by atoms with van der Waals surface area (Å²) in [5, 5.41) is 14.4. The van der Waals surface area contributed by atoms with Crippen molar-refractivity contribution in [2.24, 2.45) is 0 Å². The number of benzene rings is 2. The van der Waals surface area contributed by atoms with Crippen LogP contribution < -0.4 is 5.32 Å². The Morgan fingerprint density at radius 1 is 1.12 bits per heavy atom. The van der Waals surface area contributed by atoms with Crippen LogP contribution in [-0.2, 0) is 4.74 Å². The average Bonchev–Trinajstić information content (AvgIpc) is 2.67. The zero-order chi connectivity index (χ0) is 18.5. The van der Waals surface area contributed by atoms with Gasteiger partial charge in [0.1, 0.15) is 6.17 Å². The van der Waals surface area contributed by atoms with Crippen molar-refractivity contribution in [1.29, 1.82) is 0 Å². The third kappa shape index (κ3) is 4.37. The molecule has 1 aliphatic heterocycles. The number of nitro benzene ring substituents is 1. The summed E-state index contributed by atoms with van der Waals surface area (Å²) < 4.78 is 5.39. The zero-order valence-corrected chi connectivity index (χ0v) is 14.7. The average molecular weight is 376 g/mol. The van der Waals surface area contributed by atoms with Gasteiger partial charge in [-0.3, -0.25) is 19.8 Å². The van der Waals surface area contributed by atoms with Crippen molar-refractivity contribution in [2.45, 2.75) is 6.17 Å². The number of non-ortho nitro benzene ring substituents is 1. The van der Waals surface area contributed by atoms with Crippen LogP contribution in [0.4, 0.5) is 5.69 Å². The first kappa shape index (κ1) is 18.3. The second kappa shape index (κ2) is 8.27. The molecule has 2 aromatic rings. The Morgan fingerprint density at radius 3 is 2.31 bits per heavy atom. The maximum atomic E-state index is 12.7. The van der Waals surface area contributed by atoms with E-state index in [1.54, 1.807) is 12.1 Å². The third-order valence-electron chi connectivity index (χ3n) is 4.20. The van der Waals surface area contributed by atoms with Crippen molar-refractivity contribution in [3.63, 3.8) is 0 Å². The zero-order valence-electron chi connectivity index (χ0n) is 13.9. The highest BCUT2D eigenvalue weighted by molar-refractivity contribution is 6.30. The first-order valence-corrected chi connectivity index (χ1v) is 8.55. The van der Waals surface area contributed by atoms with Crippen LogP contribution in [0.3, 0.4) is 0 Å². The summed E-state index contributed by atoms with van der Waals surface area (Å²) in [6.07, 6.45) is -0.334. The topological polar surface area (TPSA) is 84.7 Å². The van der Waals surface area contributed by atoms with Crippen molar-refractivity contribution < 1.29 is 14.5 Å². The summed E-state index contributed by atoms with van der Waals surface area (Å²) in [6.45, 7) is 2.57. The molecule has 1 fully saturated rings. The van der Waals surface area contributed by atoms with Crippen molar-refractivity contribution >= 4 is 23.2 Å². The van der Waals surface area contributed by atoms with E-state index in [1.807, 2.05) is 12.1 Å². The molecule has 0 radical (unpaired) electrons. The Morgan fingerprint density at radius 2 is 1.73 bits per heavy atom. The minimum absolute atomic E-state index is 0.0519. The number of ether oxygens (including phenoxy) is 1. The molecule has 1 saturated heterocycles. The number of halogens is 1. The Balaban J connectivity index is 1.81. The van der Waals surface area contributed by atoms with Crippen molar-refractivity contribution in [3.8, 4) is 0 Å². The maximum Gasteiger partial charge on any atom is 0.269 e. The van der Waals surface area contributed by atoms with Gasteiger partial charge in [-0.2, -0.15) is 0 Å². The van der Waals surface area contributed by atoms with Gasteiger partial charge in [0.15, 0.2) is 0 Å². The van der Waals surface area contributed by atoms with E-state index in [1.165, 1.54) is 24.3 Å². The normalized spacial score (nSPS) is 16.0. The van der Waals surface area contributed by atoms with Gasteiger partial charge in [0.2, 0.25) is 0 Å². The summed E-state index contributed by atoms with van der Waals surface area (Å²) in [5.41, 5.74) is 1.22. The van der Waals surface area contributed by atoms with E-state index in [2.05, 4.69) is 10.2 Å². The largest absolute Gasteiger partial charge is 0.379 e. The molecule has 7 nitrogen and oxygen atoms in total. The summed E-state index contributed by atoms with van der Waals surface area (Å²) in [6, 6.07) is 12.8. The fourth-order valence-corrected chi connectivity index (χ4v) is 2.93. The first-order chi connectivity index (χ1) is 12.5. The lowest BCUT2D eigenvalue weighted by Gasteiger charge is -2.35. The fraction of sp³-hybridized carbons (Fsp3) is 0.278. The second-order valence-corrected chi connectivity index (χ2v) is 6.32. The molecular weight excluding hydrogens is 358 g/mol. The number of carbonyl (C=O) groups is 1. The second-order valence-electron chi connectivity index (χ2n) is 5.88. The number of nitrogens with one attached hydrogen (secondary N) is 1. The molecule has 1 atom stereocenters. The van der Waals surface area contributed by atoms with E-state index in [0.29, 0.717) is 36.9 Å². The molecule has 1 heterocycles. The minimum Gasteiger partial charge on any atom is -0.379 e. The lowest BCUT2D eigenvalue weighted by Crippen LogP contribution is -2.46. The van der Waals surface area contributed by atoms with Crippen molar-refractivity contribution in [2.75, 3.05) is 26.3 Å². The van der Waals surface area contributed by atoms with Crippen LogP contribution in [0, 0.1) is 10.1 Å². The van der Waals surface area contributed by atoms with Crippen molar-refractivity contribution in [1.82, 2.24) is 10.2 Å². The van der Waals surface area contributed by atoms with Gasteiger partial charge in [-0.25, -0.2) is 0 Å². The highest BCUT2D eigenvalue weighted by Gasteiger charge is 2.25. The highest BCUT2D eigenvalue weighted by Crippen LogP contribution is 2.22. The molecular formula is C18H18ClN3O4. The van der Waals surface area contributed by atoms with Gasteiger partial charge in [-0.15, -0.1) is 0 Å². The number of hydrogen-bond donors (Lipinski definition) is 1. The molecule has 8 heteroatoms. The Bertz CT molecular complexity index is 774. The molecule has 0 spiro atoms. The van der Waals surface area contributed by atoms with Gasteiger partial charge < -0.3 is 10.1 Å². The smallest absolute Gasteiger partial charge is 0.269 e. The van der Waals surface area contributed by atoms with E-state index >= 15 is 0 Å². The van der Waals surface area contributed by atoms with Gasteiger partial charge in [0.05, 0.1) is 18.1 Å². The Labute approximate surface area is 155 Å². The standard InChI is InChI=1S/C18H18ClN3O4/c19-15-5-1-13(2-6-15)17(21-9-11-26-12-10-21)20-18(23)14-3-7-16(8-4-14)22(24)25/h1-8,17H,9-12H2,(H,20,23). The van der Waals surface area contributed by atoms with Gasteiger partial charge in [-0.05, 0) is 29.8 Å². The quantitative estimate of drug-likeness (QED) is 0.641. The molecule has 0 saturated carbocycles. The third-order valence-corrected chi connectivity index (χ3v) is 4.46. The monoisotopic (exact) mass is 375 g/mol. The molecule has 1 amide bonds. The number of rotatable bonds is 5. The van der Waals surface area contributed by atoms with Crippen LogP contribution in [0.1, 0.15) is 22.1 Å². The highest BCUT2D eigenvalue weighted by atomic mass is 35.5. The van der Waals surface area contributed by atoms with E-state index in [9.17, 15) is 14.9 Å². The number of nitrogens with zero attached hydrogens (tertiary/aromatic N) is 2. The van der Waals surface area contributed by atoms with Crippen LogP contribution in [0.5, 0.6) is 0 Å². The summed E-state index contributed by atoms with van der Waals surface area (Å²) in [5.74, 6) is -0.300. The molecule has 1 unspecified atom stereocenters. The van der Waals surface area contributed by atoms with Crippen LogP contribution in [0.15, 0.2) is 48.5 Å². The lowest BCUT2D eigenvalue weighted by molar-refractivity contribution is -0.384. The summed E-state index contributed by atoms with van der Waals surface area (Å²) >= 11 is 5.97. The Hall–Kier alpha value is -2.48. The van der Waals surface area contributed by atoms with Crippen LogP contribution in [-0.4, -0.2) is 42.0 Å². The number of morpholine rings is 1. The molecule has 1 N–H and O–H groups in total. The molecule has 0 bridgehead atoms. The number of carbonyl (C=O) groups excluding carboxylic acids is 1. The molecule has 0 aliphatic carbocycles. The van der Waals surface area contributed by atoms with Gasteiger partial charge >= 0.3 is 0 Å². The Kier molecular flexibility index (Phi) is 5.82. The number of hydrogen-bond acceptors (Lipinski definition) is 5. The molecule has 136 valence electrons. The fourth-order valence-electron chi connectivity index (χ4n) is 2.81. The molecule has 0 aromatic heterocycles. The van der Waals surface area contributed by atoms with E-state index in [0.717, 1.165) is 5.56 Å². The molecule has 3 rings (SSSR count). The number of nitro groups is 1. The molecule has 2 aromatic carbocycles. The van der Waals surface area contributed by atoms with Gasteiger partial charge in [-0.1, -0.05) is 23.7 Å². The molecule has 1 aliphatic rings. The van der Waals surface area contributed by atoms with Gasteiger partial charge in [0, 0.05) is 35.8 Å². The predicted molar refractivity (Wildman–Crippen MR) is 97.1 cm³/mol. The van der Waals surface area contributed by atoms with E-state index in [-0.39, 0.29) is 17.8 Å². The van der Waals surface area contributed by atoms with Gasteiger partial charge in [0.25, 0.3) is 11.6 Å². The van der Waals surface area contributed by atoms with Crippen molar-refractivity contribution in [3.05, 3.63) is 74.8 Å². The van der Waals surface area contributed by atoms with E-state index < -0.39 is 4.92 Å². The van der Waals surface area contributed by atoms with Crippen LogP contribution >= 0.6 is 11.6 Å². The SMILES string of the molecule is O=C(NC(c1ccc(Cl)cc1)N1CCOCC1)c1ccc([N+](=O)[O-])cc1. The van der Waals surface area contributed by atoms with Crippen LogP contribution in [0.25, 0.3) is 0 Å². The first-order valence-electron chi connectivity index (χ1n) is 8.17. The molecule has 26 heavy (non-hydrogen) atoms.